The number of nitrogens with two attached hydrogens (primary N) is 1. The molecule has 6 nitrogen and oxygen atoms in total. The smallest absolute Gasteiger partial charge is 0.225 e. The lowest BCUT2D eigenvalue weighted by Crippen LogP contribution is -2.46. The highest BCUT2D eigenvalue weighted by molar-refractivity contribution is 6.30. The molecule has 0 aliphatic carbocycles. The van der Waals surface area contributed by atoms with Crippen LogP contribution in [-0.2, 0) is 16.0 Å². The summed E-state index contributed by atoms with van der Waals surface area (Å²) in [5, 5.41) is 3.70. The van der Waals surface area contributed by atoms with Crippen molar-refractivity contribution < 1.29 is 9.53 Å². The predicted molar refractivity (Wildman–Crippen MR) is 81.3 cm³/mol. The molecule has 0 unspecified atom stereocenters. The number of primary amides is 1. The second-order valence-electron chi connectivity index (χ2n) is 5.35. The molecule has 1 aromatic heterocycles. The fourth-order valence-corrected chi connectivity index (χ4v) is 2.89. The normalized spacial score (nSPS) is 17.5. The SMILES string of the molecule is CCc1c(Cl)nc(C)nc1NCC1(C(N)=O)CCOCC1. The van der Waals surface area contributed by atoms with Gasteiger partial charge in [0.05, 0.1) is 5.41 Å². The summed E-state index contributed by atoms with van der Waals surface area (Å²) < 4.78 is 5.33. The molecule has 116 valence electrons. The van der Waals surface area contributed by atoms with Gasteiger partial charge in [0.25, 0.3) is 0 Å². The lowest BCUT2D eigenvalue weighted by Gasteiger charge is -2.34. The number of aromatic nitrogens is 2. The van der Waals surface area contributed by atoms with Crippen LogP contribution >= 0.6 is 11.6 Å². The summed E-state index contributed by atoms with van der Waals surface area (Å²) in [4.78, 5) is 20.4. The van der Waals surface area contributed by atoms with E-state index < -0.39 is 5.41 Å². The van der Waals surface area contributed by atoms with Crippen molar-refractivity contribution in [3.63, 3.8) is 0 Å². The van der Waals surface area contributed by atoms with Gasteiger partial charge in [-0.15, -0.1) is 0 Å². The highest BCUT2D eigenvalue weighted by atomic mass is 35.5. The Labute approximate surface area is 129 Å². The van der Waals surface area contributed by atoms with E-state index in [0.717, 1.165) is 5.56 Å². The van der Waals surface area contributed by atoms with Gasteiger partial charge in [0, 0.05) is 25.3 Å². The van der Waals surface area contributed by atoms with E-state index in [1.54, 1.807) is 6.92 Å². The zero-order chi connectivity index (χ0) is 15.5. The molecule has 1 saturated heterocycles. The zero-order valence-electron chi connectivity index (χ0n) is 12.4. The Kier molecular flexibility index (Phi) is 5.00. The van der Waals surface area contributed by atoms with Crippen LogP contribution in [-0.4, -0.2) is 35.6 Å². The van der Waals surface area contributed by atoms with Crippen LogP contribution in [0.1, 0.15) is 31.2 Å². The Morgan fingerprint density at radius 1 is 1.43 bits per heavy atom. The first-order valence-electron chi connectivity index (χ1n) is 7.13. The molecule has 3 N–H and O–H groups in total. The minimum atomic E-state index is -0.589. The maximum absolute atomic E-state index is 11.9. The molecule has 0 bridgehead atoms. The van der Waals surface area contributed by atoms with Gasteiger partial charge in [-0.1, -0.05) is 18.5 Å². The van der Waals surface area contributed by atoms with E-state index in [4.69, 9.17) is 22.1 Å². The van der Waals surface area contributed by atoms with Crippen molar-refractivity contribution in [1.29, 1.82) is 0 Å². The number of ether oxygens (including phenoxy) is 1. The number of anilines is 1. The summed E-state index contributed by atoms with van der Waals surface area (Å²) in [7, 11) is 0. The Morgan fingerprint density at radius 2 is 2.10 bits per heavy atom. The predicted octanol–water partition coefficient (Wildman–Crippen LogP) is 1.69. The number of carbonyl (C=O) groups excluding carboxylic acids is 1. The van der Waals surface area contributed by atoms with E-state index in [2.05, 4.69) is 15.3 Å². The average Bonchev–Trinajstić information content (AvgIpc) is 2.45. The van der Waals surface area contributed by atoms with Crippen molar-refractivity contribution in [2.75, 3.05) is 25.1 Å². The molecule has 1 aliphatic heterocycles. The Morgan fingerprint density at radius 3 is 2.67 bits per heavy atom. The number of hydrogen-bond donors (Lipinski definition) is 2. The number of aryl methyl sites for hydroxylation is 1. The maximum Gasteiger partial charge on any atom is 0.225 e. The molecular formula is C14H21ClN4O2. The number of nitrogens with zero attached hydrogens (tertiary/aromatic N) is 2. The van der Waals surface area contributed by atoms with Gasteiger partial charge in [-0.3, -0.25) is 4.79 Å². The number of rotatable bonds is 5. The second-order valence-corrected chi connectivity index (χ2v) is 5.71. The third kappa shape index (κ3) is 3.44. The molecule has 1 aliphatic rings. The summed E-state index contributed by atoms with van der Waals surface area (Å²) >= 11 is 6.15. The van der Waals surface area contributed by atoms with Crippen molar-refractivity contribution >= 4 is 23.3 Å². The summed E-state index contributed by atoms with van der Waals surface area (Å²) in [6, 6.07) is 0. The maximum atomic E-state index is 11.9. The Hall–Kier alpha value is -1.40. The van der Waals surface area contributed by atoms with Crippen molar-refractivity contribution in [1.82, 2.24) is 9.97 Å². The standard InChI is InChI=1S/C14H21ClN4O2/c1-3-10-11(15)18-9(2)19-12(10)17-8-14(13(16)20)4-6-21-7-5-14/h3-8H2,1-2H3,(H2,16,20)(H,17,18,19). The molecule has 1 fully saturated rings. The molecule has 0 aromatic carbocycles. The molecule has 21 heavy (non-hydrogen) atoms. The van der Waals surface area contributed by atoms with E-state index in [1.807, 2.05) is 6.92 Å². The lowest BCUT2D eigenvalue weighted by molar-refractivity contribution is -0.132. The van der Waals surface area contributed by atoms with Crippen LogP contribution in [0, 0.1) is 12.3 Å². The Bertz CT molecular complexity index is 530. The summed E-state index contributed by atoms with van der Waals surface area (Å²) in [5.41, 5.74) is 5.87. The third-order valence-corrected chi connectivity index (χ3v) is 4.30. The number of amides is 1. The van der Waals surface area contributed by atoms with E-state index in [0.29, 0.717) is 55.8 Å². The fraction of sp³-hybridized carbons (Fsp3) is 0.643. The number of halogens is 1. The molecular weight excluding hydrogens is 292 g/mol. The molecule has 2 heterocycles. The van der Waals surface area contributed by atoms with Gasteiger partial charge in [0.15, 0.2) is 0 Å². The summed E-state index contributed by atoms with van der Waals surface area (Å²) in [6.45, 7) is 5.31. The highest BCUT2D eigenvalue weighted by Crippen LogP contribution is 2.31. The van der Waals surface area contributed by atoms with Crippen molar-refractivity contribution in [3.8, 4) is 0 Å². The number of hydrogen-bond acceptors (Lipinski definition) is 5. The van der Waals surface area contributed by atoms with E-state index in [-0.39, 0.29) is 5.91 Å². The minimum Gasteiger partial charge on any atom is -0.381 e. The summed E-state index contributed by atoms with van der Waals surface area (Å²) in [5.74, 6) is 0.982. The topological polar surface area (TPSA) is 90.1 Å². The fourth-order valence-electron chi connectivity index (χ4n) is 2.55. The van der Waals surface area contributed by atoms with E-state index in [9.17, 15) is 4.79 Å². The van der Waals surface area contributed by atoms with Crippen LogP contribution in [0.25, 0.3) is 0 Å². The molecule has 2 rings (SSSR count). The van der Waals surface area contributed by atoms with Crippen LogP contribution in [0.4, 0.5) is 5.82 Å². The number of nitrogens with one attached hydrogen (secondary N) is 1. The molecule has 0 saturated carbocycles. The first kappa shape index (κ1) is 16.0. The number of carbonyl (C=O) groups is 1. The molecule has 1 amide bonds. The van der Waals surface area contributed by atoms with Gasteiger partial charge in [-0.2, -0.15) is 0 Å². The minimum absolute atomic E-state index is 0.298. The summed E-state index contributed by atoms with van der Waals surface area (Å²) in [6.07, 6.45) is 1.96. The van der Waals surface area contributed by atoms with Gasteiger partial charge in [0.2, 0.25) is 5.91 Å². The highest BCUT2D eigenvalue weighted by Gasteiger charge is 2.38. The first-order valence-corrected chi connectivity index (χ1v) is 7.51. The van der Waals surface area contributed by atoms with E-state index in [1.165, 1.54) is 0 Å². The Balaban J connectivity index is 2.20. The largest absolute Gasteiger partial charge is 0.381 e. The van der Waals surface area contributed by atoms with E-state index >= 15 is 0 Å². The molecule has 0 spiro atoms. The van der Waals surface area contributed by atoms with Crippen LogP contribution in [0.15, 0.2) is 0 Å². The van der Waals surface area contributed by atoms with Gasteiger partial charge in [-0.05, 0) is 26.2 Å². The van der Waals surface area contributed by atoms with Crippen LogP contribution < -0.4 is 11.1 Å². The van der Waals surface area contributed by atoms with Gasteiger partial charge in [0.1, 0.15) is 16.8 Å². The van der Waals surface area contributed by atoms with Crippen molar-refractivity contribution in [3.05, 3.63) is 16.5 Å². The monoisotopic (exact) mass is 312 g/mol. The third-order valence-electron chi connectivity index (χ3n) is 3.99. The van der Waals surface area contributed by atoms with Crippen LogP contribution in [0.3, 0.4) is 0 Å². The molecule has 7 heteroatoms. The van der Waals surface area contributed by atoms with Gasteiger partial charge in [-0.25, -0.2) is 9.97 Å². The lowest BCUT2D eigenvalue weighted by atomic mass is 9.79. The average molecular weight is 313 g/mol. The molecule has 0 atom stereocenters. The van der Waals surface area contributed by atoms with Gasteiger partial charge >= 0.3 is 0 Å². The van der Waals surface area contributed by atoms with Crippen molar-refractivity contribution in [2.45, 2.75) is 33.1 Å². The second kappa shape index (κ2) is 6.58. The molecule has 0 radical (unpaired) electrons. The van der Waals surface area contributed by atoms with Crippen LogP contribution in [0.2, 0.25) is 5.15 Å². The molecule has 1 aromatic rings. The van der Waals surface area contributed by atoms with Gasteiger partial charge < -0.3 is 15.8 Å². The van der Waals surface area contributed by atoms with Crippen molar-refractivity contribution in [2.24, 2.45) is 11.1 Å². The zero-order valence-corrected chi connectivity index (χ0v) is 13.2. The van der Waals surface area contributed by atoms with Crippen LogP contribution in [0.5, 0.6) is 0 Å². The quantitative estimate of drug-likeness (QED) is 0.808. The first-order chi connectivity index (χ1) is 9.98.